The highest BCUT2D eigenvalue weighted by molar-refractivity contribution is 6.24. The summed E-state index contributed by atoms with van der Waals surface area (Å²) >= 11 is 0. The summed E-state index contributed by atoms with van der Waals surface area (Å²) in [5, 5.41) is 4.46. The lowest BCUT2D eigenvalue weighted by Gasteiger charge is -2.21. The van der Waals surface area contributed by atoms with E-state index in [1.54, 1.807) is 0 Å². The average Bonchev–Trinajstić information content (AvgIpc) is 3.96. The van der Waals surface area contributed by atoms with Gasteiger partial charge in [-0.15, -0.1) is 0 Å². The van der Waals surface area contributed by atoms with E-state index in [2.05, 4.69) is 156 Å². The molecule has 0 saturated carbocycles. The molecule has 268 valence electrons. The maximum absolute atomic E-state index is 6.71. The van der Waals surface area contributed by atoms with E-state index in [0.29, 0.717) is 11.4 Å². The second-order valence-electron chi connectivity index (χ2n) is 14.8. The van der Waals surface area contributed by atoms with Crippen LogP contribution in [-0.2, 0) is 6.42 Å². The van der Waals surface area contributed by atoms with Crippen molar-refractivity contribution in [1.29, 1.82) is 0 Å². The number of aromatic nitrogens is 3. The van der Waals surface area contributed by atoms with Gasteiger partial charge in [0.1, 0.15) is 28.1 Å². The lowest BCUT2D eigenvalue weighted by Crippen LogP contribution is -2.02. The van der Waals surface area contributed by atoms with Crippen molar-refractivity contribution in [3.8, 4) is 50.6 Å². The summed E-state index contributed by atoms with van der Waals surface area (Å²) < 4.78 is 15.9. The van der Waals surface area contributed by atoms with Crippen LogP contribution in [0.3, 0.4) is 0 Å². The minimum Gasteiger partial charge on any atom is -0.455 e. The van der Waals surface area contributed by atoms with Crippen molar-refractivity contribution in [2.75, 3.05) is 0 Å². The molecule has 4 aromatic heterocycles. The number of hydrogen-bond acceptors (Lipinski definition) is 4. The van der Waals surface area contributed by atoms with E-state index >= 15 is 0 Å². The molecular weight excluding hydrogens is 699 g/mol. The molecule has 0 bridgehead atoms. The Balaban J connectivity index is 1.23. The molecule has 12 rings (SSSR count). The minimum absolute atomic E-state index is 0.681. The number of aryl methyl sites for hydroxylation is 1. The van der Waals surface area contributed by atoms with Gasteiger partial charge in [-0.2, -0.15) is 0 Å². The molecule has 0 spiro atoms. The molecular formula is C52H33N3O2. The molecule has 1 aliphatic carbocycles. The van der Waals surface area contributed by atoms with E-state index in [9.17, 15) is 0 Å². The molecule has 5 nitrogen and oxygen atoms in total. The molecule has 0 radical (unpaired) electrons. The number of rotatable bonds is 5. The van der Waals surface area contributed by atoms with Crippen LogP contribution in [0.25, 0.3) is 112 Å². The van der Waals surface area contributed by atoms with Crippen LogP contribution in [0.1, 0.15) is 17.7 Å². The first-order valence-electron chi connectivity index (χ1n) is 19.5. The first-order valence-corrected chi connectivity index (χ1v) is 19.5. The molecule has 4 heterocycles. The highest BCUT2D eigenvalue weighted by Gasteiger charge is 2.27. The van der Waals surface area contributed by atoms with Crippen LogP contribution in [-0.4, -0.2) is 14.5 Å². The topological polar surface area (TPSA) is 57.0 Å². The van der Waals surface area contributed by atoms with Gasteiger partial charge in [0.05, 0.1) is 22.1 Å². The van der Waals surface area contributed by atoms with Gasteiger partial charge in [0, 0.05) is 44.0 Å². The van der Waals surface area contributed by atoms with Gasteiger partial charge in [-0.1, -0.05) is 133 Å². The van der Waals surface area contributed by atoms with E-state index < -0.39 is 0 Å². The Morgan fingerprint density at radius 1 is 0.509 bits per heavy atom. The van der Waals surface area contributed by atoms with Gasteiger partial charge in [0.25, 0.3) is 0 Å². The highest BCUT2D eigenvalue weighted by atomic mass is 16.3. The number of hydrogen-bond donors (Lipinski definition) is 0. The number of nitrogens with zero attached hydrogens (tertiary/aromatic N) is 3. The average molecular weight is 732 g/mol. The number of benzene rings is 7. The molecule has 0 aliphatic heterocycles. The third-order valence-corrected chi connectivity index (χ3v) is 11.5. The first kappa shape index (κ1) is 31.8. The Morgan fingerprint density at radius 3 is 1.89 bits per heavy atom. The summed E-state index contributed by atoms with van der Waals surface area (Å²) in [6, 6.07) is 57.7. The normalized spacial score (nSPS) is 12.7. The SMILES string of the molecule is C1=Cc2oc3c(-c4cc(-c5ccccc5)c(-n5c6ccccc6c6c7oc8ccccc8c7ccc65)c(-c5ccccc5)c4)nc(-c4ccccc4)nc3c2CC1. The fraction of sp³-hybridized carbons (Fsp3) is 0.0385. The largest absolute Gasteiger partial charge is 0.455 e. The van der Waals surface area contributed by atoms with Crippen molar-refractivity contribution in [3.63, 3.8) is 0 Å². The summed E-state index contributed by atoms with van der Waals surface area (Å²) in [6.07, 6.45) is 6.09. The zero-order valence-corrected chi connectivity index (χ0v) is 30.8. The predicted molar refractivity (Wildman–Crippen MR) is 233 cm³/mol. The number of furan rings is 2. The van der Waals surface area contributed by atoms with Gasteiger partial charge in [0.15, 0.2) is 11.4 Å². The van der Waals surface area contributed by atoms with Gasteiger partial charge in [0.2, 0.25) is 0 Å². The third-order valence-electron chi connectivity index (χ3n) is 11.5. The van der Waals surface area contributed by atoms with Crippen molar-refractivity contribution in [3.05, 3.63) is 181 Å². The van der Waals surface area contributed by atoms with E-state index in [1.165, 1.54) is 0 Å². The second-order valence-corrected chi connectivity index (χ2v) is 14.8. The second kappa shape index (κ2) is 12.5. The maximum Gasteiger partial charge on any atom is 0.179 e. The molecule has 57 heavy (non-hydrogen) atoms. The Kier molecular flexibility index (Phi) is 6.99. The van der Waals surface area contributed by atoms with E-state index in [0.717, 1.165) is 118 Å². The van der Waals surface area contributed by atoms with Crippen LogP contribution in [0, 0.1) is 0 Å². The van der Waals surface area contributed by atoms with Crippen LogP contribution in [0.4, 0.5) is 0 Å². The van der Waals surface area contributed by atoms with Crippen molar-refractivity contribution in [1.82, 2.24) is 14.5 Å². The van der Waals surface area contributed by atoms with Crippen molar-refractivity contribution < 1.29 is 8.83 Å². The summed E-state index contributed by atoms with van der Waals surface area (Å²) in [7, 11) is 0. The zero-order valence-electron chi connectivity index (χ0n) is 30.8. The highest BCUT2D eigenvalue weighted by Crippen LogP contribution is 2.47. The maximum atomic E-state index is 6.71. The van der Waals surface area contributed by atoms with Crippen LogP contribution in [0.2, 0.25) is 0 Å². The summed E-state index contributed by atoms with van der Waals surface area (Å²) in [5.74, 6) is 1.54. The molecule has 5 heteroatoms. The predicted octanol–water partition coefficient (Wildman–Crippen LogP) is 13.8. The number of para-hydroxylation sites is 2. The molecule has 11 aromatic rings. The molecule has 0 saturated heterocycles. The van der Waals surface area contributed by atoms with E-state index in [1.807, 2.05) is 24.3 Å². The Labute approximate surface area is 327 Å². The van der Waals surface area contributed by atoms with Crippen LogP contribution < -0.4 is 0 Å². The molecule has 0 fully saturated rings. The van der Waals surface area contributed by atoms with Crippen LogP contribution >= 0.6 is 0 Å². The monoisotopic (exact) mass is 731 g/mol. The number of fused-ring (bicyclic) bond motifs is 10. The summed E-state index contributed by atoms with van der Waals surface area (Å²) in [4.78, 5) is 10.5. The minimum atomic E-state index is 0.681. The van der Waals surface area contributed by atoms with Gasteiger partial charge in [-0.05, 0) is 66.4 Å². The molecule has 0 amide bonds. The van der Waals surface area contributed by atoms with Crippen molar-refractivity contribution in [2.24, 2.45) is 0 Å². The molecule has 7 aromatic carbocycles. The third kappa shape index (κ3) is 4.89. The van der Waals surface area contributed by atoms with Crippen LogP contribution in [0.15, 0.2) is 179 Å². The quantitative estimate of drug-likeness (QED) is 0.177. The van der Waals surface area contributed by atoms with Crippen LogP contribution in [0.5, 0.6) is 0 Å². The zero-order chi connectivity index (χ0) is 37.5. The summed E-state index contributed by atoms with van der Waals surface area (Å²) in [5.41, 5.74) is 14.8. The van der Waals surface area contributed by atoms with Gasteiger partial charge >= 0.3 is 0 Å². The van der Waals surface area contributed by atoms with Gasteiger partial charge in [-0.25, -0.2) is 9.97 Å². The smallest absolute Gasteiger partial charge is 0.179 e. The lowest BCUT2D eigenvalue weighted by molar-refractivity contribution is 0.595. The van der Waals surface area contributed by atoms with E-state index in [-0.39, 0.29) is 0 Å². The summed E-state index contributed by atoms with van der Waals surface area (Å²) in [6.45, 7) is 0. The fourth-order valence-electron chi connectivity index (χ4n) is 8.91. The Morgan fingerprint density at radius 2 is 1.16 bits per heavy atom. The van der Waals surface area contributed by atoms with Gasteiger partial charge < -0.3 is 13.4 Å². The number of allylic oxidation sites excluding steroid dienone is 1. The van der Waals surface area contributed by atoms with Gasteiger partial charge in [-0.3, -0.25) is 0 Å². The molecule has 0 N–H and O–H groups in total. The van der Waals surface area contributed by atoms with Crippen molar-refractivity contribution >= 4 is 60.9 Å². The fourth-order valence-corrected chi connectivity index (χ4v) is 8.91. The lowest BCUT2D eigenvalue weighted by atomic mass is 9.91. The molecule has 0 unspecified atom stereocenters. The molecule has 0 atom stereocenters. The molecule has 1 aliphatic rings. The Hall–Kier alpha value is -7.50. The van der Waals surface area contributed by atoms with E-state index in [4.69, 9.17) is 18.8 Å². The first-order chi connectivity index (χ1) is 28.3. The Bertz CT molecular complexity index is 3330. The van der Waals surface area contributed by atoms with Crippen molar-refractivity contribution in [2.45, 2.75) is 12.8 Å². The standard InChI is InChI=1S/C52H33N3O2/c1-4-16-32(17-5-1)40-30-35(47-51-48(39-24-12-15-27-45(39)57-51)54-52(53-47)34-20-8-3-9-21-34)31-41(33-18-6-2-7-19-33)49(40)55-42-25-13-10-23-38(42)46-43(55)29-28-37-36-22-11-14-26-44(36)56-50(37)46/h1-11,13-23,25-31H,12,24H2.